The molecule has 1 heterocycles. The molecule has 1 aromatic heterocycles. The molecule has 0 atom stereocenters. The topological polar surface area (TPSA) is 35.0 Å². The van der Waals surface area contributed by atoms with Crippen LogP contribution in [-0.2, 0) is 0 Å². The van der Waals surface area contributed by atoms with Crippen LogP contribution in [0.25, 0.3) is 10.9 Å². The standard InChI is InChI=1S/C10H10N2O.ClH/c1-7-11-9-6-4-3-5-8(9)10(12-7)13-2;/h3-6H,1-2H3;1H. The minimum atomic E-state index is 0. The molecule has 0 aliphatic rings. The van der Waals surface area contributed by atoms with Gasteiger partial charge in [0.2, 0.25) is 5.88 Å². The molecule has 2 rings (SSSR count). The number of benzene rings is 1. The van der Waals surface area contributed by atoms with Crippen molar-refractivity contribution in [1.82, 2.24) is 9.97 Å². The van der Waals surface area contributed by atoms with Gasteiger partial charge < -0.3 is 4.74 Å². The Bertz CT molecular complexity index is 445. The van der Waals surface area contributed by atoms with Crippen LogP contribution in [0.5, 0.6) is 5.88 Å². The van der Waals surface area contributed by atoms with Gasteiger partial charge in [0, 0.05) is 0 Å². The molecule has 14 heavy (non-hydrogen) atoms. The molecule has 0 aliphatic heterocycles. The highest BCUT2D eigenvalue weighted by Gasteiger charge is 2.03. The van der Waals surface area contributed by atoms with E-state index in [1.54, 1.807) is 7.11 Å². The van der Waals surface area contributed by atoms with Crippen molar-refractivity contribution >= 4 is 23.3 Å². The van der Waals surface area contributed by atoms with Crippen molar-refractivity contribution in [3.63, 3.8) is 0 Å². The Labute approximate surface area is 88.5 Å². The number of nitrogens with zero attached hydrogens (tertiary/aromatic N) is 2. The van der Waals surface area contributed by atoms with E-state index in [1.165, 1.54) is 0 Å². The lowest BCUT2D eigenvalue weighted by atomic mass is 10.2. The summed E-state index contributed by atoms with van der Waals surface area (Å²) in [6, 6.07) is 7.80. The molecule has 2 aromatic rings. The predicted octanol–water partition coefficient (Wildman–Crippen LogP) is 2.37. The van der Waals surface area contributed by atoms with Gasteiger partial charge in [-0.05, 0) is 19.1 Å². The van der Waals surface area contributed by atoms with Gasteiger partial charge in [-0.15, -0.1) is 12.4 Å². The lowest BCUT2D eigenvalue weighted by Crippen LogP contribution is -1.94. The monoisotopic (exact) mass is 210 g/mol. The van der Waals surface area contributed by atoms with Crippen LogP contribution in [0.1, 0.15) is 5.82 Å². The zero-order valence-corrected chi connectivity index (χ0v) is 8.84. The smallest absolute Gasteiger partial charge is 0.224 e. The fourth-order valence-corrected chi connectivity index (χ4v) is 1.31. The third-order valence-corrected chi connectivity index (χ3v) is 1.87. The number of ether oxygens (including phenoxy) is 1. The van der Waals surface area contributed by atoms with Crippen molar-refractivity contribution in [3.05, 3.63) is 30.1 Å². The first-order valence-corrected chi connectivity index (χ1v) is 4.08. The van der Waals surface area contributed by atoms with Crippen molar-refractivity contribution in [2.45, 2.75) is 6.92 Å². The predicted molar refractivity (Wildman–Crippen MR) is 58.1 cm³/mol. The average molecular weight is 211 g/mol. The van der Waals surface area contributed by atoms with E-state index in [0.29, 0.717) is 5.88 Å². The molecular formula is C10H11ClN2O. The Hall–Kier alpha value is -1.35. The number of aryl methyl sites for hydroxylation is 1. The van der Waals surface area contributed by atoms with Gasteiger partial charge in [-0.1, -0.05) is 12.1 Å². The Kier molecular flexibility index (Phi) is 3.25. The van der Waals surface area contributed by atoms with Crippen molar-refractivity contribution in [1.29, 1.82) is 0 Å². The Morgan fingerprint density at radius 2 is 1.86 bits per heavy atom. The summed E-state index contributed by atoms with van der Waals surface area (Å²) in [5, 5.41) is 0.954. The van der Waals surface area contributed by atoms with Gasteiger partial charge in [0.25, 0.3) is 0 Å². The van der Waals surface area contributed by atoms with Crippen molar-refractivity contribution < 1.29 is 4.74 Å². The quantitative estimate of drug-likeness (QED) is 0.725. The van der Waals surface area contributed by atoms with Gasteiger partial charge in [0.05, 0.1) is 18.0 Å². The number of para-hydroxylation sites is 1. The maximum atomic E-state index is 5.16. The summed E-state index contributed by atoms with van der Waals surface area (Å²) in [4.78, 5) is 8.48. The SMILES string of the molecule is COc1nc(C)nc2ccccc12.Cl. The summed E-state index contributed by atoms with van der Waals surface area (Å²) in [5.41, 5.74) is 0.923. The van der Waals surface area contributed by atoms with Gasteiger partial charge >= 0.3 is 0 Å². The number of aromatic nitrogens is 2. The van der Waals surface area contributed by atoms with E-state index >= 15 is 0 Å². The zero-order chi connectivity index (χ0) is 9.26. The highest BCUT2D eigenvalue weighted by atomic mass is 35.5. The van der Waals surface area contributed by atoms with Gasteiger partial charge in [-0.2, -0.15) is 4.98 Å². The van der Waals surface area contributed by atoms with Crippen LogP contribution >= 0.6 is 12.4 Å². The van der Waals surface area contributed by atoms with Crippen LogP contribution in [0, 0.1) is 6.92 Å². The molecule has 0 N–H and O–H groups in total. The van der Waals surface area contributed by atoms with Crippen molar-refractivity contribution in [2.75, 3.05) is 7.11 Å². The Morgan fingerprint density at radius 1 is 1.14 bits per heavy atom. The largest absolute Gasteiger partial charge is 0.480 e. The van der Waals surface area contributed by atoms with Crippen LogP contribution < -0.4 is 4.74 Å². The number of fused-ring (bicyclic) bond motifs is 1. The molecule has 0 fully saturated rings. The van der Waals surface area contributed by atoms with E-state index in [-0.39, 0.29) is 12.4 Å². The number of hydrogen-bond donors (Lipinski definition) is 0. The summed E-state index contributed by atoms with van der Waals surface area (Å²) >= 11 is 0. The number of halogens is 1. The second kappa shape index (κ2) is 4.24. The molecule has 0 aliphatic carbocycles. The summed E-state index contributed by atoms with van der Waals surface area (Å²) < 4.78 is 5.16. The number of hydrogen-bond acceptors (Lipinski definition) is 3. The van der Waals surface area contributed by atoms with Crippen LogP contribution in [0.15, 0.2) is 24.3 Å². The molecule has 0 bridgehead atoms. The Balaban J connectivity index is 0.000000980. The van der Waals surface area contributed by atoms with E-state index in [1.807, 2.05) is 31.2 Å². The lowest BCUT2D eigenvalue weighted by molar-refractivity contribution is 0.401. The highest BCUT2D eigenvalue weighted by Crippen LogP contribution is 2.20. The number of rotatable bonds is 1. The summed E-state index contributed by atoms with van der Waals surface area (Å²) in [6.45, 7) is 1.86. The van der Waals surface area contributed by atoms with E-state index in [4.69, 9.17) is 4.74 Å². The molecule has 3 nitrogen and oxygen atoms in total. The minimum Gasteiger partial charge on any atom is -0.480 e. The second-order valence-corrected chi connectivity index (χ2v) is 2.80. The molecule has 1 aromatic carbocycles. The average Bonchev–Trinajstić information content (AvgIpc) is 2.16. The lowest BCUT2D eigenvalue weighted by Gasteiger charge is -2.03. The minimum absolute atomic E-state index is 0. The fraction of sp³-hybridized carbons (Fsp3) is 0.200. The van der Waals surface area contributed by atoms with Crippen LogP contribution in [0.2, 0.25) is 0 Å². The molecule has 0 spiro atoms. The summed E-state index contributed by atoms with van der Waals surface area (Å²) in [7, 11) is 1.62. The first-order chi connectivity index (χ1) is 6.31. The van der Waals surface area contributed by atoms with Gasteiger partial charge in [0.15, 0.2) is 0 Å². The molecule has 0 unspecified atom stereocenters. The van der Waals surface area contributed by atoms with Crippen molar-refractivity contribution in [3.8, 4) is 5.88 Å². The summed E-state index contributed by atoms with van der Waals surface area (Å²) in [5.74, 6) is 1.37. The molecule has 0 saturated heterocycles. The molecule has 0 saturated carbocycles. The highest BCUT2D eigenvalue weighted by molar-refractivity contribution is 5.85. The first-order valence-electron chi connectivity index (χ1n) is 4.08. The first kappa shape index (κ1) is 10.7. The zero-order valence-electron chi connectivity index (χ0n) is 8.02. The van der Waals surface area contributed by atoms with Gasteiger partial charge in [-0.25, -0.2) is 4.98 Å². The van der Waals surface area contributed by atoms with Gasteiger partial charge in [-0.3, -0.25) is 0 Å². The molecular weight excluding hydrogens is 200 g/mol. The second-order valence-electron chi connectivity index (χ2n) is 2.80. The third kappa shape index (κ3) is 1.77. The van der Waals surface area contributed by atoms with Gasteiger partial charge in [0.1, 0.15) is 5.82 Å². The molecule has 0 radical (unpaired) electrons. The van der Waals surface area contributed by atoms with Crippen LogP contribution in [-0.4, -0.2) is 17.1 Å². The third-order valence-electron chi connectivity index (χ3n) is 1.87. The van der Waals surface area contributed by atoms with Crippen molar-refractivity contribution in [2.24, 2.45) is 0 Å². The fourth-order valence-electron chi connectivity index (χ4n) is 1.31. The maximum Gasteiger partial charge on any atom is 0.224 e. The summed E-state index contributed by atoms with van der Waals surface area (Å²) in [6.07, 6.45) is 0. The molecule has 0 amide bonds. The maximum absolute atomic E-state index is 5.16. The normalized spacial score (nSPS) is 9.57. The van der Waals surface area contributed by atoms with Crippen LogP contribution in [0.4, 0.5) is 0 Å². The van der Waals surface area contributed by atoms with E-state index < -0.39 is 0 Å². The van der Waals surface area contributed by atoms with Crippen LogP contribution in [0.3, 0.4) is 0 Å². The number of methoxy groups -OCH3 is 1. The molecule has 74 valence electrons. The van der Waals surface area contributed by atoms with E-state index in [2.05, 4.69) is 9.97 Å². The Morgan fingerprint density at radius 3 is 2.57 bits per heavy atom. The van der Waals surface area contributed by atoms with E-state index in [9.17, 15) is 0 Å². The van der Waals surface area contributed by atoms with E-state index in [0.717, 1.165) is 16.7 Å². The molecule has 4 heteroatoms.